The zero-order valence-corrected chi connectivity index (χ0v) is 13.8. The van der Waals surface area contributed by atoms with Gasteiger partial charge >= 0.3 is 6.03 Å². The minimum atomic E-state index is -0.494. The summed E-state index contributed by atoms with van der Waals surface area (Å²) < 4.78 is 0. The summed E-state index contributed by atoms with van der Waals surface area (Å²) in [7, 11) is 0. The van der Waals surface area contributed by atoms with Crippen LogP contribution in [0.25, 0.3) is 0 Å². The molecule has 0 aliphatic heterocycles. The summed E-state index contributed by atoms with van der Waals surface area (Å²) in [6.07, 6.45) is 1.33. The standard InChI is InChI=1S/C17H28N2O2/c1-6-14(7-2)15(20)10-18-17(21)19-16-12(4)8-11(3)9-13(16)5/h8-9,14-15,20H,6-7,10H2,1-5H3,(H2,18,19,21). The first-order valence-corrected chi connectivity index (χ1v) is 7.69. The largest absolute Gasteiger partial charge is 0.391 e. The van der Waals surface area contributed by atoms with Crippen LogP contribution in [0.1, 0.15) is 43.4 Å². The maximum absolute atomic E-state index is 12.0. The molecule has 1 rings (SSSR count). The SMILES string of the molecule is CCC(CC)C(O)CNC(=O)Nc1c(C)cc(C)cc1C. The van der Waals surface area contributed by atoms with E-state index in [-0.39, 0.29) is 18.5 Å². The molecule has 1 atom stereocenters. The maximum atomic E-state index is 12.0. The summed E-state index contributed by atoms with van der Waals surface area (Å²) in [5, 5.41) is 15.7. The molecule has 2 amide bonds. The number of aryl methyl sites for hydroxylation is 3. The number of amides is 2. The van der Waals surface area contributed by atoms with Gasteiger partial charge in [0.15, 0.2) is 0 Å². The molecule has 0 heterocycles. The molecule has 3 N–H and O–H groups in total. The van der Waals surface area contributed by atoms with Crippen molar-refractivity contribution in [3.63, 3.8) is 0 Å². The second kappa shape index (κ2) is 8.03. The fourth-order valence-corrected chi connectivity index (χ4v) is 2.73. The fourth-order valence-electron chi connectivity index (χ4n) is 2.73. The number of rotatable bonds is 6. The molecule has 0 bridgehead atoms. The normalized spacial score (nSPS) is 12.3. The van der Waals surface area contributed by atoms with Crippen molar-refractivity contribution in [2.24, 2.45) is 5.92 Å². The Kier molecular flexibility index (Phi) is 6.69. The molecule has 4 heteroatoms. The fraction of sp³-hybridized carbons (Fsp3) is 0.588. The lowest BCUT2D eigenvalue weighted by Crippen LogP contribution is -2.38. The van der Waals surface area contributed by atoms with E-state index in [2.05, 4.69) is 24.5 Å². The van der Waals surface area contributed by atoms with Gasteiger partial charge in [-0.2, -0.15) is 0 Å². The van der Waals surface area contributed by atoms with E-state index in [4.69, 9.17) is 0 Å². The lowest BCUT2D eigenvalue weighted by Gasteiger charge is -2.21. The minimum Gasteiger partial charge on any atom is -0.391 e. The number of hydrogen-bond acceptors (Lipinski definition) is 2. The Balaban J connectivity index is 2.59. The Labute approximate surface area is 128 Å². The van der Waals surface area contributed by atoms with E-state index in [1.165, 1.54) is 5.56 Å². The van der Waals surface area contributed by atoms with E-state index in [9.17, 15) is 9.90 Å². The average Bonchev–Trinajstić information content (AvgIpc) is 2.42. The van der Waals surface area contributed by atoms with Crippen LogP contribution in [0, 0.1) is 26.7 Å². The van der Waals surface area contributed by atoms with Gasteiger partial charge in [0.1, 0.15) is 0 Å². The topological polar surface area (TPSA) is 61.4 Å². The predicted octanol–water partition coefficient (Wildman–Crippen LogP) is 3.53. The van der Waals surface area contributed by atoms with Gasteiger partial charge in [-0.25, -0.2) is 4.79 Å². The summed E-state index contributed by atoms with van der Waals surface area (Å²) in [5.41, 5.74) is 4.11. The lowest BCUT2D eigenvalue weighted by molar-refractivity contribution is 0.104. The van der Waals surface area contributed by atoms with Crippen LogP contribution in [0.4, 0.5) is 10.5 Å². The highest BCUT2D eigenvalue weighted by Crippen LogP contribution is 2.21. The summed E-state index contributed by atoms with van der Waals surface area (Å²) >= 11 is 0. The van der Waals surface area contributed by atoms with E-state index in [0.29, 0.717) is 0 Å². The van der Waals surface area contributed by atoms with Gasteiger partial charge in [0.2, 0.25) is 0 Å². The molecule has 0 aromatic heterocycles. The third-order valence-electron chi connectivity index (χ3n) is 3.98. The third kappa shape index (κ3) is 5.05. The summed E-state index contributed by atoms with van der Waals surface area (Å²) in [6, 6.07) is 3.82. The van der Waals surface area contributed by atoms with Gasteiger partial charge in [-0.15, -0.1) is 0 Å². The van der Waals surface area contributed by atoms with Crippen LogP contribution in [0.5, 0.6) is 0 Å². The third-order valence-corrected chi connectivity index (χ3v) is 3.98. The second-order valence-electron chi connectivity index (χ2n) is 5.75. The zero-order valence-electron chi connectivity index (χ0n) is 13.8. The van der Waals surface area contributed by atoms with Gasteiger partial charge in [0.25, 0.3) is 0 Å². The molecule has 118 valence electrons. The van der Waals surface area contributed by atoms with Crippen LogP contribution < -0.4 is 10.6 Å². The molecule has 21 heavy (non-hydrogen) atoms. The Morgan fingerprint density at radius 1 is 1.14 bits per heavy atom. The van der Waals surface area contributed by atoms with Crippen molar-refractivity contribution in [2.75, 3.05) is 11.9 Å². The van der Waals surface area contributed by atoms with Crippen LogP contribution in [0.3, 0.4) is 0 Å². The van der Waals surface area contributed by atoms with Crippen LogP contribution in [-0.2, 0) is 0 Å². The van der Waals surface area contributed by atoms with E-state index in [1.54, 1.807) is 0 Å². The Hall–Kier alpha value is -1.55. The first-order chi connectivity index (χ1) is 9.88. The molecule has 0 spiro atoms. The number of nitrogens with one attached hydrogen (secondary N) is 2. The number of carbonyl (C=O) groups excluding carboxylic acids is 1. The molecule has 0 aliphatic rings. The number of hydrogen-bond donors (Lipinski definition) is 3. The molecule has 0 fully saturated rings. The first kappa shape index (κ1) is 17.5. The monoisotopic (exact) mass is 292 g/mol. The average molecular weight is 292 g/mol. The van der Waals surface area contributed by atoms with Crippen LogP contribution in [0.15, 0.2) is 12.1 Å². The Bertz CT molecular complexity index is 459. The molecule has 0 saturated carbocycles. The summed E-state index contributed by atoms with van der Waals surface area (Å²) in [6.45, 7) is 10.4. The van der Waals surface area contributed by atoms with Gasteiger partial charge in [0.05, 0.1) is 6.10 Å². The van der Waals surface area contributed by atoms with E-state index in [1.807, 2.05) is 32.9 Å². The van der Waals surface area contributed by atoms with Crippen LogP contribution in [0.2, 0.25) is 0 Å². The van der Waals surface area contributed by atoms with Gasteiger partial charge in [-0.3, -0.25) is 0 Å². The van der Waals surface area contributed by atoms with E-state index < -0.39 is 6.10 Å². The smallest absolute Gasteiger partial charge is 0.319 e. The Morgan fingerprint density at radius 2 is 1.67 bits per heavy atom. The van der Waals surface area contributed by atoms with E-state index >= 15 is 0 Å². The van der Waals surface area contributed by atoms with Gasteiger partial charge < -0.3 is 15.7 Å². The molecule has 1 aromatic rings. The zero-order chi connectivity index (χ0) is 16.0. The first-order valence-electron chi connectivity index (χ1n) is 7.69. The highest BCUT2D eigenvalue weighted by Gasteiger charge is 2.16. The maximum Gasteiger partial charge on any atom is 0.319 e. The number of aliphatic hydroxyl groups is 1. The molecular weight excluding hydrogens is 264 g/mol. The second-order valence-corrected chi connectivity index (χ2v) is 5.75. The number of urea groups is 1. The van der Waals surface area contributed by atoms with Crippen molar-refractivity contribution >= 4 is 11.7 Å². The van der Waals surface area contributed by atoms with Crippen LogP contribution >= 0.6 is 0 Å². The number of benzene rings is 1. The van der Waals surface area contributed by atoms with Gasteiger partial charge in [0, 0.05) is 12.2 Å². The van der Waals surface area contributed by atoms with Gasteiger partial charge in [-0.1, -0.05) is 44.4 Å². The van der Waals surface area contributed by atoms with Crippen molar-refractivity contribution in [1.82, 2.24) is 5.32 Å². The summed E-state index contributed by atoms with van der Waals surface area (Å²) in [4.78, 5) is 12.0. The number of aliphatic hydroxyl groups excluding tert-OH is 1. The minimum absolute atomic E-state index is 0.230. The molecule has 1 aromatic carbocycles. The number of anilines is 1. The van der Waals surface area contributed by atoms with Crippen molar-refractivity contribution in [3.05, 3.63) is 28.8 Å². The van der Waals surface area contributed by atoms with Crippen molar-refractivity contribution in [2.45, 2.75) is 53.6 Å². The molecule has 4 nitrogen and oxygen atoms in total. The van der Waals surface area contributed by atoms with Crippen molar-refractivity contribution in [1.29, 1.82) is 0 Å². The van der Waals surface area contributed by atoms with Crippen molar-refractivity contribution in [3.8, 4) is 0 Å². The van der Waals surface area contributed by atoms with Crippen LogP contribution in [-0.4, -0.2) is 23.8 Å². The highest BCUT2D eigenvalue weighted by molar-refractivity contribution is 5.91. The number of carbonyl (C=O) groups is 1. The predicted molar refractivity (Wildman–Crippen MR) is 87.8 cm³/mol. The van der Waals surface area contributed by atoms with E-state index in [0.717, 1.165) is 29.7 Å². The van der Waals surface area contributed by atoms with Gasteiger partial charge in [-0.05, 0) is 37.8 Å². The van der Waals surface area contributed by atoms with Crippen molar-refractivity contribution < 1.29 is 9.90 Å². The summed E-state index contributed by atoms with van der Waals surface area (Å²) in [5.74, 6) is 0.230. The molecule has 0 aliphatic carbocycles. The molecule has 0 radical (unpaired) electrons. The molecule has 0 saturated heterocycles. The quantitative estimate of drug-likeness (QED) is 0.751. The lowest BCUT2D eigenvalue weighted by atomic mass is 9.97. The molecular formula is C17H28N2O2. The molecule has 1 unspecified atom stereocenters. The Morgan fingerprint density at radius 3 is 2.14 bits per heavy atom. The highest BCUT2D eigenvalue weighted by atomic mass is 16.3.